The molecule has 108 valence electrons. The van der Waals surface area contributed by atoms with Gasteiger partial charge in [-0.05, 0) is 49.2 Å². The molecule has 0 radical (unpaired) electrons. The third kappa shape index (κ3) is 2.64. The minimum Gasteiger partial charge on any atom is -0.497 e. The fourth-order valence-corrected chi connectivity index (χ4v) is 2.89. The fraction of sp³-hybridized carbons (Fsp3) is 0.278. The van der Waals surface area contributed by atoms with Crippen LogP contribution in [0.3, 0.4) is 0 Å². The number of hydrogen-bond acceptors (Lipinski definition) is 3. The Balaban J connectivity index is 1.78. The van der Waals surface area contributed by atoms with Crippen molar-refractivity contribution in [1.82, 2.24) is 0 Å². The normalized spacial score (nSPS) is 16.7. The number of fused-ring (bicyclic) bond motifs is 1. The van der Waals surface area contributed by atoms with Gasteiger partial charge in [-0.25, -0.2) is 0 Å². The third-order valence-electron chi connectivity index (χ3n) is 4.07. The molecule has 0 amide bonds. The first-order valence-corrected chi connectivity index (χ1v) is 7.21. The molecule has 1 unspecified atom stereocenters. The van der Waals surface area contributed by atoms with Crippen LogP contribution in [0.25, 0.3) is 0 Å². The van der Waals surface area contributed by atoms with Crippen molar-refractivity contribution >= 4 is 11.5 Å². The molecule has 3 nitrogen and oxygen atoms in total. The molecule has 1 aliphatic rings. The largest absolute Gasteiger partial charge is 0.497 e. The molecule has 0 saturated carbocycles. The van der Waals surface area contributed by atoms with E-state index in [1.165, 1.54) is 11.3 Å². The Bertz CT molecular complexity index is 649. The van der Waals surface area contributed by atoms with E-state index in [0.29, 0.717) is 12.6 Å². The summed E-state index contributed by atoms with van der Waals surface area (Å²) in [5, 5.41) is 0. The van der Waals surface area contributed by atoms with Gasteiger partial charge in [0.05, 0.1) is 13.7 Å². The van der Waals surface area contributed by atoms with Crippen LogP contribution in [0.2, 0.25) is 0 Å². The van der Waals surface area contributed by atoms with Crippen molar-refractivity contribution in [3.8, 4) is 5.75 Å². The smallest absolute Gasteiger partial charge is 0.182 e. The van der Waals surface area contributed by atoms with E-state index in [0.717, 1.165) is 17.7 Å². The highest BCUT2D eigenvalue weighted by Gasteiger charge is 2.27. The number of anilines is 1. The van der Waals surface area contributed by atoms with Gasteiger partial charge in [0.2, 0.25) is 0 Å². The van der Waals surface area contributed by atoms with Gasteiger partial charge in [-0.3, -0.25) is 4.79 Å². The maximum Gasteiger partial charge on any atom is 0.182 e. The molecule has 0 saturated heterocycles. The summed E-state index contributed by atoms with van der Waals surface area (Å²) in [5.74, 6) is 0.910. The van der Waals surface area contributed by atoms with Gasteiger partial charge in [0.25, 0.3) is 0 Å². The number of Topliss-reactive ketones (excluding diaryl/α,β-unsaturated/α-hetero) is 1. The second kappa shape index (κ2) is 5.60. The van der Waals surface area contributed by atoms with E-state index in [2.05, 4.69) is 30.0 Å². The van der Waals surface area contributed by atoms with E-state index in [1.807, 2.05) is 30.3 Å². The first-order chi connectivity index (χ1) is 10.2. The van der Waals surface area contributed by atoms with Crippen LogP contribution in [0.5, 0.6) is 5.75 Å². The Morgan fingerprint density at radius 3 is 2.62 bits per heavy atom. The number of ketones is 1. The molecule has 21 heavy (non-hydrogen) atoms. The van der Waals surface area contributed by atoms with E-state index in [-0.39, 0.29) is 5.78 Å². The number of benzene rings is 2. The van der Waals surface area contributed by atoms with Crippen molar-refractivity contribution in [2.75, 3.05) is 18.6 Å². The van der Waals surface area contributed by atoms with E-state index >= 15 is 0 Å². The molecule has 1 aliphatic heterocycles. The van der Waals surface area contributed by atoms with Gasteiger partial charge in [-0.1, -0.05) is 18.2 Å². The standard InChI is InChI=1S/C18H19NO2/c1-13-11-15-5-3-4-6-17(15)19(13)12-18(20)14-7-9-16(21-2)10-8-14/h3-10,13H,11-12H2,1-2H3. The fourth-order valence-electron chi connectivity index (χ4n) is 2.89. The van der Waals surface area contributed by atoms with Gasteiger partial charge in [0.1, 0.15) is 5.75 Å². The number of hydrogen-bond donors (Lipinski definition) is 0. The zero-order chi connectivity index (χ0) is 14.8. The number of rotatable bonds is 4. The maximum absolute atomic E-state index is 12.5. The summed E-state index contributed by atoms with van der Waals surface area (Å²) >= 11 is 0. The molecule has 2 aromatic carbocycles. The quantitative estimate of drug-likeness (QED) is 0.805. The molecule has 3 heteroatoms. The number of methoxy groups -OCH3 is 1. The number of carbonyl (C=O) groups is 1. The summed E-state index contributed by atoms with van der Waals surface area (Å²) in [6, 6.07) is 16.0. The summed E-state index contributed by atoms with van der Waals surface area (Å²) < 4.78 is 5.12. The Kier molecular flexibility index (Phi) is 3.65. The third-order valence-corrected chi connectivity index (χ3v) is 4.07. The van der Waals surface area contributed by atoms with Crippen LogP contribution < -0.4 is 9.64 Å². The Morgan fingerprint density at radius 1 is 1.19 bits per heavy atom. The summed E-state index contributed by atoms with van der Waals surface area (Å²) in [6.45, 7) is 2.59. The highest BCUT2D eigenvalue weighted by atomic mass is 16.5. The van der Waals surface area contributed by atoms with Crippen molar-refractivity contribution in [3.05, 3.63) is 59.7 Å². The molecule has 0 bridgehead atoms. The topological polar surface area (TPSA) is 29.5 Å². The van der Waals surface area contributed by atoms with Crippen molar-refractivity contribution in [3.63, 3.8) is 0 Å². The molecule has 0 aromatic heterocycles. The van der Waals surface area contributed by atoms with E-state index in [1.54, 1.807) is 7.11 Å². The Hall–Kier alpha value is -2.29. The van der Waals surface area contributed by atoms with E-state index in [9.17, 15) is 4.79 Å². The van der Waals surface area contributed by atoms with Crippen LogP contribution in [0.4, 0.5) is 5.69 Å². The van der Waals surface area contributed by atoms with Crippen LogP contribution in [0.1, 0.15) is 22.8 Å². The Morgan fingerprint density at radius 2 is 1.90 bits per heavy atom. The first kappa shape index (κ1) is 13.7. The summed E-state index contributed by atoms with van der Waals surface area (Å²) in [5.41, 5.74) is 3.24. The Labute approximate surface area is 125 Å². The predicted octanol–water partition coefficient (Wildman–Crippen LogP) is 3.33. The average molecular weight is 281 g/mol. The van der Waals surface area contributed by atoms with Crippen LogP contribution in [0, 0.1) is 0 Å². The highest BCUT2D eigenvalue weighted by molar-refractivity contribution is 5.99. The highest BCUT2D eigenvalue weighted by Crippen LogP contribution is 2.31. The lowest BCUT2D eigenvalue weighted by molar-refractivity contribution is 0.0997. The SMILES string of the molecule is COc1ccc(C(=O)CN2c3ccccc3CC2C)cc1. The van der Waals surface area contributed by atoms with Crippen LogP contribution in [-0.4, -0.2) is 25.5 Å². The van der Waals surface area contributed by atoms with Crippen molar-refractivity contribution in [2.24, 2.45) is 0 Å². The van der Waals surface area contributed by atoms with Crippen LogP contribution in [-0.2, 0) is 6.42 Å². The maximum atomic E-state index is 12.5. The van der Waals surface area contributed by atoms with Crippen LogP contribution in [0.15, 0.2) is 48.5 Å². The van der Waals surface area contributed by atoms with Gasteiger partial charge < -0.3 is 9.64 Å². The van der Waals surface area contributed by atoms with E-state index in [4.69, 9.17) is 4.74 Å². The van der Waals surface area contributed by atoms with Crippen LogP contribution >= 0.6 is 0 Å². The number of ether oxygens (including phenoxy) is 1. The molecule has 0 N–H and O–H groups in total. The molecule has 0 aliphatic carbocycles. The minimum atomic E-state index is 0.140. The lowest BCUT2D eigenvalue weighted by atomic mass is 10.1. The van der Waals surface area contributed by atoms with Crippen molar-refractivity contribution in [2.45, 2.75) is 19.4 Å². The zero-order valence-electron chi connectivity index (χ0n) is 12.4. The minimum absolute atomic E-state index is 0.140. The first-order valence-electron chi connectivity index (χ1n) is 7.21. The second-order valence-electron chi connectivity index (χ2n) is 5.46. The molecular weight excluding hydrogens is 262 g/mol. The molecule has 0 spiro atoms. The molecule has 1 heterocycles. The number of carbonyl (C=O) groups excluding carboxylic acids is 1. The lowest BCUT2D eigenvalue weighted by Crippen LogP contribution is -2.34. The zero-order valence-corrected chi connectivity index (χ0v) is 12.4. The molecular formula is C18H19NO2. The monoisotopic (exact) mass is 281 g/mol. The summed E-state index contributed by atoms with van der Waals surface area (Å²) in [4.78, 5) is 14.7. The molecule has 3 rings (SSSR count). The molecule has 2 aromatic rings. The molecule has 0 fully saturated rings. The summed E-state index contributed by atoms with van der Waals surface area (Å²) in [7, 11) is 1.62. The van der Waals surface area contributed by atoms with Crippen molar-refractivity contribution in [1.29, 1.82) is 0 Å². The lowest BCUT2D eigenvalue weighted by Gasteiger charge is -2.24. The number of nitrogens with zero attached hydrogens (tertiary/aromatic N) is 1. The van der Waals surface area contributed by atoms with Crippen molar-refractivity contribution < 1.29 is 9.53 Å². The second-order valence-corrected chi connectivity index (χ2v) is 5.46. The van der Waals surface area contributed by atoms with E-state index < -0.39 is 0 Å². The number of para-hydroxylation sites is 1. The molecule has 1 atom stereocenters. The van der Waals surface area contributed by atoms with Gasteiger partial charge in [-0.15, -0.1) is 0 Å². The van der Waals surface area contributed by atoms with Gasteiger partial charge >= 0.3 is 0 Å². The van der Waals surface area contributed by atoms with Gasteiger partial charge in [0.15, 0.2) is 5.78 Å². The predicted molar refractivity (Wildman–Crippen MR) is 84.3 cm³/mol. The van der Waals surface area contributed by atoms with Gasteiger partial charge in [0, 0.05) is 17.3 Å². The average Bonchev–Trinajstić information content (AvgIpc) is 2.83. The summed E-state index contributed by atoms with van der Waals surface area (Å²) in [6.07, 6.45) is 1.01. The van der Waals surface area contributed by atoms with Gasteiger partial charge in [-0.2, -0.15) is 0 Å².